The Bertz CT molecular complexity index is 1080. The zero-order chi connectivity index (χ0) is 25.6. The standard InChI is InChI=1S/C25H35N7O2S/c1-5-23(33)28-18-6-8-19(9-7-18)35-24-30-21(29-20(27)14-17(4)26)15-22(31-24)32-12-10-25(34,11-13-32)16(2)3/h6-9,15-16,26,34H,5,10-14H2,1-4H3,(H,28,33)(H2,27,29,30,31). The van der Waals surface area contributed by atoms with Crippen molar-refractivity contribution in [2.75, 3.05) is 23.3 Å². The topological polar surface area (TPSA) is 141 Å². The van der Waals surface area contributed by atoms with Gasteiger partial charge in [0.05, 0.1) is 5.60 Å². The van der Waals surface area contributed by atoms with Crippen molar-refractivity contribution in [2.24, 2.45) is 16.6 Å². The number of nitrogens with zero attached hydrogens (tertiary/aromatic N) is 4. The molecular weight excluding hydrogens is 462 g/mol. The van der Waals surface area contributed by atoms with Crippen molar-refractivity contribution in [3.8, 4) is 0 Å². The Morgan fingerprint density at radius 2 is 1.94 bits per heavy atom. The molecule has 188 valence electrons. The van der Waals surface area contributed by atoms with Gasteiger partial charge >= 0.3 is 0 Å². The minimum atomic E-state index is -0.664. The van der Waals surface area contributed by atoms with Gasteiger partial charge in [0.25, 0.3) is 0 Å². The molecule has 0 spiro atoms. The van der Waals surface area contributed by atoms with E-state index in [0.29, 0.717) is 54.9 Å². The van der Waals surface area contributed by atoms with E-state index in [4.69, 9.17) is 16.1 Å². The lowest BCUT2D eigenvalue weighted by Crippen LogP contribution is -2.47. The molecule has 2 aromatic rings. The number of anilines is 2. The summed E-state index contributed by atoms with van der Waals surface area (Å²) in [5.74, 6) is 1.65. The van der Waals surface area contributed by atoms with Crippen molar-refractivity contribution in [2.45, 2.75) is 69.0 Å². The summed E-state index contributed by atoms with van der Waals surface area (Å²) in [7, 11) is 0. The quantitative estimate of drug-likeness (QED) is 0.229. The van der Waals surface area contributed by atoms with Crippen LogP contribution < -0.4 is 16.0 Å². The molecule has 9 nitrogen and oxygen atoms in total. The summed E-state index contributed by atoms with van der Waals surface area (Å²) in [4.78, 5) is 28.5. The van der Waals surface area contributed by atoms with Crippen LogP contribution in [0.15, 0.2) is 45.4 Å². The van der Waals surface area contributed by atoms with Gasteiger partial charge in [-0.1, -0.05) is 20.8 Å². The summed E-state index contributed by atoms with van der Waals surface area (Å²) in [5, 5.41) is 21.9. The van der Waals surface area contributed by atoms with Crippen molar-refractivity contribution in [3.05, 3.63) is 30.3 Å². The Morgan fingerprint density at radius 3 is 2.51 bits per heavy atom. The van der Waals surface area contributed by atoms with Gasteiger partial charge in [-0.3, -0.25) is 4.79 Å². The number of hydrogen-bond acceptors (Lipinski definition) is 8. The number of hydrogen-bond donors (Lipinski definition) is 4. The molecule has 1 aliphatic heterocycles. The van der Waals surface area contributed by atoms with Gasteiger partial charge < -0.3 is 26.5 Å². The lowest BCUT2D eigenvalue weighted by Gasteiger charge is -2.41. The summed E-state index contributed by atoms with van der Waals surface area (Å²) in [5.41, 5.74) is 6.53. The molecule has 1 amide bonds. The van der Waals surface area contributed by atoms with Gasteiger partial charge in [-0.05, 0) is 61.7 Å². The van der Waals surface area contributed by atoms with Gasteiger partial charge in [-0.25, -0.2) is 15.0 Å². The van der Waals surface area contributed by atoms with Crippen molar-refractivity contribution < 1.29 is 9.90 Å². The van der Waals surface area contributed by atoms with Gasteiger partial charge in [0.2, 0.25) is 5.91 Å². The normalized spacial score (nSPS) is 15.8. The molecule has 0 bridgehead atoms. The van der Waals surface area contributed by atoms with E-state index in [1.807, 2.05) is 31.2 Å². The number of aliphatic hydroxyl groups is 1. The molecule has 1 saturated heterocycles. The predicted molar refractivity (Wildman–Crippen MR) is 142 cm³/mol. The number of benzene rings is 1. The first-order valence-corrected chi connectivity index (χ1v) is 12.7. The number of amidine groups is 1. The van der Waals surface area contributed by atoms with E-state index in [0.717, 1.165) is 16.4 Å². The first kappa shape index (κ1) is 26.6. The van der Waals surface area contributed by atoms with Gasteiger partial charge in [0.1, 0.15) is 11.7 Å². The molecule has 1 fully saturated rings. The maximum atomic E-state index is 11.6. The molecule has 3 rings (SSSR count). The first-order chi connectivity index (χ1) is 16.6. The third kappa shape index (κ3) is 7.50. The van der Waals surface area contributed by atoms with E-state index < -0.39 is 5.60 Å². The summed E-state index contributed by atoms with van der Waals surface area (Å²) >= 11 is 1.40. The van der Waals surface area contributed by atoms with E-state index in [9.17, 15) is 9.90 Å². The zero-order valence-electron chi connectivity index (χ0n) is 20.8. The largest absolute Gasteiger partial charge is 0.389 e. The molecule has 10 heteroatoms. The predicted octanol–water partition coefficient (Wildman–Crippen LogP) is 4.38. The molecule has 0 radical (unpaired) electrons. The highest BCUT2D eigenvalue weighted by Crippen LogP contribution is 2.34. The molecule has 1 aromatic carbocycles. The summed E-state index contributed by atoms with van der Waals surface area (Å²) in [6.45, 7) is 8.96. The number of carbonyl (C=O) groups excluding carboxylic acids is 1. The second-order valence-corrected chi connectivity index (χ2v) is 10.2. The van der Waals surface area contributed by atoms with Crippen LogP contribution in [0.5, 0.6) is 0 Å². The molecule has 0 aliphatic carbocycles. The third-order valence-corrected chi connectivity index (χ3v) is 6.95. The van der Waals surface area contributed by atoms with Crippen molar-refractivity contribution >= 4 is 46.5 Å². The highest BCUT2D eigenvalue weighted by molar-refractivity contribution is 7.99. The lowest BCUT2D eigenvalue weighted by molar-refractivity contribution is -0.115. The number of carbonyl (C=O) groups is 1. The fourth-order valence-corrected chi connectivity index (χ4v) is 4.55. The number of amides is 1. The zero-order valence-corrected chi connectivity index (χ0v) is 21.7. The average Bonchev–Trinajstić information content (AvgIpc) is 2.80. The fourth-order valence-electron chi connectivity index (χ4n) is 3.79. The Hall–Kier alpha value is -2.98. The van der Waals surface area contributed by atoms with Crippen LogP contribution in [-0.2, 0) is 4.79 Å². The van der Waals surface area contributed by atoms with Crippen molar-refractivity contribution in [3.63, 3.8) is 0 Å². The third-order valence-electron chi connectivity index (χ3n) is 6.08. The summed E-state index contributed by atoms with van der Waals surface area (Å²) in [6.07, 6.45) is 2.02. The first-order valence-electron chi connectivity index (χ1n) is 11.9. The number of piperidine rings is 1. The van der Waals surface area contributed by atoms with Crippen molar-refractivity contribution in [1.82, 2.24) is 9.97 Å². The van der Waals surface area contributed by atoms with E-state index in [1.165, 1.54) is 11.8 Å². The summed E-state index contributed by atoms with van der Waals surface area (Å²) in [6, 6.07) is 9.32. The second-order valence-electron chi connectivity index (χ2n) is 9.20. The van der Waals surface area contributed by atoms with Gasteiger partial charge in [0, 0.05) is 48.3 Å². The minimum absolute atomic E-state index is 0.0346. The Morgan fingerprint density at radius 1 is 1.29 bits per heavy atom. The van der Waals surface area contributed by atoms with E-state index in [1.54, 1.807) is 13.0 Å². The van der Waals surface area contributed by atoms with Crippen molar-refractivity contribution in [1.29, 1.82) is 5.41 Å². The highest BCUT2D eigenvalue weighted by atomic mass is 32.2. The van der Waals surface area contributed by atoms with Crippen LogP contribution in [0.4, 0.5) is 17.3 Å². The number of aromatic nitrogens is 2. The van der Waals surface area contributed by atoms with Crippen LogP contribution in [0.1, 0.15) is 53.4 Å². The highest BCUT2D eigenvalue weighted by Gasteiger charge is 2.35. The van der Waals surface area contributed by atoms with Crippen LogP contribution in [0.2, 0.25) is 0 Å². The van der Waals surface area contributed by atoms with Gasteiger partial charge in [-0.2, -0.15) is 0 Å². The van der Waals surface area contributed by atoms with Crippen LogP contribution in [-0.4, -0.2) is 51.2 Å². The van der Waals surface area contributed by atoms with E-state index in [-0.39, 0.29) is 18.2 Å². The molecule has 2 heterocycles. The molecule has 1 aromatic heterocycles. The molecule has 1 aliphatic rings. The minimum Gasteiger partial charge on any atom is -0.389 e. The van der Waals surface area contributed by atoms with Crippen LogP contribution in [0, 0.1) is 11.3 Å². The van der Waals surface area contributed by atoms with Crippen LogP contribution >= 0.6 is 11.8 Å². The molecule has 0 unspecified atom stereocenters. The maximum absolute atomic E-state index is 11.6. The molecule has 0 saturated carbocycles. The maximum Gasteiger partial charge on any atom is 0.224 e. The number of aliphatic imine (C=N–C) groups is 1. The smallest absolute Gasteiger partial charge is 0.224 e. The number of nitrogens with two attached hydrogens (primary N) is 1. The van der Waals surface area contributed by atoms with Crippen LogP contribution in [0.25, 0.3) is 0 Å². The molecular formula is C25H35N7O2S. The molecule has 35 heavy (non-hydrogen) atoms. The summed E-state index contributed by atoms with van der Waals surface area (Å²) < 4.78 is 0. The average molecular weight is 498 g/mol. The van der Waals surface area contributed by atoms with E-state index >= 15 is 0 Å². The molecule has 5 N–H and O–H groups in total. The Kier molecular flexibility index (Phi) is 8.85. The SMILES string of the molecule is CCC(=O)Nc1ccc(Sc2nc(N=C(N)CC(C)=N)cc(N3CCC(O)(C(C)C)CC3)n2)cc1. The Balaban J connectivity index is 1.85. The number of rotatable bonds is 9. The fraction of sp³-hybridized carbons (Fsp3) is 0.480. The van der Waals surface area contributed by atoms with E-state index in [2.05, 4.69) is 34.0 Å². The second kappa shape index (κ2) is 11.6. The monoisotopic (exact) mass is 497 g/mol. The van der Waals surface area contributed by atoms with Crippen LogP contribution in [0.3, 0.4) is 0 Å². The van der Waals surface area contributed by atoms with Gasteiger partial charge in [0.15, 0.2) is 11.0 Å². The lowest BCUT2D eigenvalue weighted by atomic mass is 9.81. The van der Waals surface area contributed by atoms with Gasteiger partial charge in [-0.15, -0.1) is 0 Å². The Labute approximate surface area is 211 Å². The number of nitrogens with one attached hydrogen (secondary N) is 2. The molecule has 0 atom stereocenters.